The number of halogens is 1. The molecular weight excluding hydrogens is 318 g/mol. The number of thiazole rings is 1. The van der Waals surface area contributed by atoms with Crippen molar-refractivity contribution in [1.82, 2.24) is 10.3 Å². The quantitative estimate of drug-likeness (QED) is 0.878. The zero-order chi connectivity index (χ0) is 15.6. The van der Waals surface area contributed by atoms with E-state index in [-0.39, 0.29) is 11.4 Å². The second-order valence-electron chi connectivity index (χ2n) is 5.67. The third kappa shape index (κ3) is 3.25. The molecule has 1 heterocycles. The van der Waals surface area contributed by atoms with Gasteiger partial charge in [-0.3, -0.25) is 4.79 Å². The fourth-order valence-electron chi connectivity index (χ4n) is 2.79. The Bertz CT molecular complexity index is 664. The Morgan fingerprint density at radius 1 is 1.36 bits per heavy atom. The van der Waals surface area contributed by atoms with Crippen molar-refractivity contribution >= 4 is 34.0 Å². The molecule has 1 aliphatic carbocycles. The van der Waals surface area contributed by atoms with Gasteiger partial charge in [0.2, 0.25) is 5.91 Å². The molecule has 3 N–H and O–H groups in total. The lowest BCUT2D eigenvalue weighted by Crippen LogP contribution is -2.50. The molecule has 1 fully saturated rings. The minimum absolute atomic E-state index is 0.0567. The van der Waals surface area contributed by atoms with Gasteiger partial charge >= 0.3 is 0 Å². The Kier molecular flexibility index (Phi) is 4.36. The van der Waals surface area contributed by atoms with Gasteiger partial charge in [-0.1, -0.05) is 23.7 Å². The number of nitrogens with two attached hydrogens (primary N) is 1. The normalized spacial score (nSPS) is 16.0. The Morgan fingerprint density at radius 3 is 2.64 bits per heavy atom. The Labute approximate surface area is 138 Å². The van der Waals surface area contributed by atoms with Gasteiger partial charge in [-0.05, 0) is 43.4 Å². The van der Waals surface area contributed by atoms with E-state index in [1.54, 1.807) is 0 Å². The number of benzene rings is 1. The highest BCUT2D eigenvalue weighted by Crippen LogP contribution is 2.41. The van der Waals surface area contributed by atoms with E-state index >= 15 is 0 Å². The van der Waals surface area contributed by atoms with Crippen LogP contribution in [0.25, 0.3) is 0 Å². The van der Waals surface area contributed by atoms with Gasteiger partial charge < -0.3 is 11.1 Å². The van der Waals surface area contributed by atoms with Gasteiger partial charge in [-0.15, -0.1) is 11.3 Å². The monoisotopic (exact) mass is 335 g/mol. The first-order valence-corrected chi connectivity index (χ1v) is 8.60. The van der Waals surface area contributed by atoms with Crippen molar-refractivity contribution in [2.45, 2.75) is 37.6 Å². The molecule has 1 aliphatic rings. The smallest absolute Gasteiger partial charge is 0.221 e. The number of hydrogen-bond acceptors (Lipinski definition) is 4. The predicted octanol–water partition coefficient (Wildman–Crippen LogP) is 3.51. The summed E-state index contributed by atoms with van der Waals surface area (Å²) >= 11 is 7.35. The topological polar surface area (TPSA) is 68.0 Å². The molecule has 0 unspecified atom stereocenters. The summed E-state index contributed by atoms with van der Waals surface area (Å²) in [5.74, 6) is 0.0567. The highest BCUT2D eigenvalue weighted by molar-refractivity contribution is 7.13. The fourth-order valence-corrected chi connectivity index (χ4v) is 3.52. The number of carbonyl (C=O) groups is 1. The minimum atomic E-state index is -0.219. The molecular formula is C16H18ClN3OS. The minimum Gasteiger partial charge on any atom is -0.375 e. The first kappa shape index (κ1) is 15.3. The van der Waals surface area contributed by atoms with Gasteiger partial charge in [-0.25, -0.2) is 4.98 Å². The maximum atomic E-state index is 12.3. The summed E-state index contributed by atoms with van der Waals surface area (Å²) in [5, 5.41) is 6.37. The van der Waals surface area contributed by atoms with E-state index in [4.69, 9.17) is 17.3 Å². The number of nitrogen functional groups attached to an aromatic ring is 1. The van der Waals surface area contributed by atoms with Crippen LogP contribution in [0, 0.1) is 0 Å². The molecule has 0 atom stereocenters. The molecule has 22 heavy (non-hydrogen) atoms. The number of aryl methyl sites for hydroxylation is 1. The van der Waals surface area contributed by atoms with Crippen LogP contribution in [0.15, 0.2) is 29.6 Å². The Balaban J connectivity index is 1.62. The first-order chi connectivity index (χ1) is 10.6. The van der Waals surface area contributed by atoms with Crippen LogP contribution >= 0.6 is 22.9 Å². The third-order valence-electron chi connectivity index (χ3n) is 4.16. The van der Waals surface area contributed by atoms with Crippen molar-refractivity contribution in [3.05, 3.63) is 45.9 Å². The summed E-state index contributed by atoms with van der Waals surface area (Å²) in [6.07, 6.45) is 4.13. The lowest BCUT2D eigenvalue weighted by molar-refractivity contribution is -0.124. The lowest BCUT2D eigenvalue weighted by atomic mass is 9.71. The van der Waals surface area contributed by atoms with E-state index in [2.05, 4.69) is 10.3 Å². The standard InChI is InChI=1S/C16H18ClN3OS/c17-12-4-2-11(3-5-12)16(8-1-9-16)20-14(21)7-6-13-10-22-15(18)19-13/h2-5,10H,1,6-9H2,(H2,18,19)(H,20,21). The predicted molar refractivity (Wildman–Crippen MR) is 90.0 cm³/mol. The van der Waals surface area contributed by atoms with Crippen molar-refractivity contribution in [3.8, 4) is 0 Å². The summed E-state index contributed by atoms with van der Waals surface area (Å²) in [7, 11) is 0. The van der Waals surface area contributed by atoms with E-state index in [0.29, 0.717) is 23.0 Å². The molecule has 1 aromatic carbocycles. The molecule has 0 aliphatic heterocycles. The maximum Gasteiger partial charge on any atom is 0.221 e. The molecule has 0 saturated heterocycles. The SMILES string of the molecule is Nc1nc(CCC(=O)NC2(c3ccc(Cl)cc3)CCC2)cs1. The summed E-state index contributed by atoms with van der Waals surface area (Å²) in [6.45, 7) is 0. The number of anilines is 1. The summed E-state index contributed by atoms with van der Waals surface area (Å²) in [5.41, 5.74) is 7.40. The number of hydrogen-bond donors (Lipinski definition) is 2. The van der Waals surface area contributed by atoms with Crippen molar-refractivity contribution < 1.29 is 4.79 Å². The second kappa shape index (κ2) is 6.26. The zero-order valence-electron chi connectivity index (χ0n) is 12.1. The van der Waals surface area contributed by atoms with Gasteiger partial charge in [-0.2, -0.15) is 0 Å². The van der Waals surface area contributed by atoms with Crippen LogP contribution in [-0.4, -0.2) is 10.9 Å². The largest absolute Gasteiger partial charge is 0.375 e. The molecule has 3 rings (SSSR count). The summed E-state index contributed by atoms with van der Waals surface area (Å²) < 4.78 is 0. The van der Waals surface area contributed by atoms with E-state index in [0.717, 1.165) is 30.5 Å². The molecule has 2 aromatic rings. The number of aromatic nitrogens is 1. The van der Waals surface area contributed by atoms with E-state index in [9.17, 15) is 4.79 Å². The molecule has 4 nitrogen and oxygen atoms in total. The van der Waals surface area contributed by atoms with Crippen LogP contribution in [0.5, 0.6) is 0 Å². The van der Waals surface area contributed by atoms with E-state index in [1.165, 1.54) is 11.3 Å². The highest BCUT2D eigenvalue weighted by atomic mass is 35.5. The number of carbonyl (C=O) groups excluding carboxylic acids is 1. The molecule has 6 heteroatoms. The van der Waals surface area contributed by atoms with Crippen LogP contribution < -0.4 is 11.1 Å². The summed E-state index contributed by atoms with van der Waals surface area (Å²) in [6, 6.07) is 7.76. The molecule has 1 aromatic heterocycles. The second-order valence-corrected chi connectivity index (χ2v) is 6.99. The van der Waals surface area contributed by atoms with Crippen LogP contribution in [0.2, 0.25) is 5.02 Å². The van der Waals surface area contributed by atoms with Gasteiger partial charge in [0.1, 0.15) is 0 Å². The van der Waals surface area contributed by atoms with Crippen molar-refractivity contribution in [3.63, 3.8) is 0 Å². The Morgan fingerprint density at radius 2 is 2.09 bits per heavy atom. The van der Waals surface area contributed by atoms with Crippen LogP contribution in [0.4, 0.5) is 5.13 Å². The molecule has 0 radical (unpaired) electrons. The third-order valence-corrected chi connectivity index (χ3v) is 5.14. The molecule has 1 saturated carbocycles. The molecule has 0 spiro atoms. The highest BCUT2D eigenvalue weighted by Gasteiger charge is 2.39. The van der Waals surface area contributed by atoms with Crippen molar-refractivity contribution in [2.24, 2.45) is 0 Å². The van der Waals surface area contributed by atoms with Gasteiger partial charge in [0.05, 0.1) is 11.2 Å². The maximum absolute atomic E-state index is 12.3. The van der Waals surface area contributed by atoms with Gasteiger partial charge in [0.25, 0.3) is 0 Å². The molecule has 116 valence electrons. The Hall–Kier alpha value is -1.59. The van der Waals surface area contributed by atoms with Crippen LogP contribution in [0.1, 0.15) is 36.9 Å². The van der Waals surface area contributed by atoms with Gasteiger partial charge in [0, 0.05) is 16.8 Å². The van der Waals surface area contributed by atoms with Crippen molar-refractivity contribution in [1.29, 1.82) is 0 Å². The first-order valence-electron chi connectivity index (χ1n) is 7.34. The van der Waals surface area contributed by atoms with Crippen molar-refractivity contribution in [2.75, 3.05) is 5.73 Å². The van der Waals surface area contributed by atoms with E-state index in [1.807, 2.05) is 29.6 Å². The van der Waals surface area contributed by atoms with Crippen LogP contribution in [0.3, 0.4) is 0 Å². The average Bonchev–Trinajstić information content (AvgIpc) is 2.87. The van der Waals surface area contributed by atoms with Gasteiger partial charge in [0.15, 0.2) is 5.13 Å². The summed E-state index contributed by atoms with van der Waals surface area (Å²) in [4.78, 5) is 16.5. The number of rotatable bonds is 5. The number of nitrogens with one attached hydrogen (secondary N) is 1. The van der Waals surface area contributed by atoms with E-state index < -0.39 is 0 Å². The average molecular weight is 336 g/mol. The number of nitrogens with zero attached hydrogens (tertiary/aromatic N) is 1. The molecule has 0 bridgehead atoms. The lowest BCUT2D eigenvalue weighted by Gasteiger charge is -2.43. The zero-order valence-corrected chi connectivity index (χ0v) is 13.7. The molecule has 1 amide bonds. The van der Waals surface area contributed by atoms with Crippen LogP contribution in [-0.2, 0) is 16.8 Å². The fraction of sp³-hybridized carbons (Fsp3) is 0.375. The number of amides is 1.